The van der Waals surface area contributed by atoms with Crippen molar-refractivity contribution < 1.29 is 10.2 Å². The first-order valence-corrected chi connectivity index (χ1v) is 9.15. The van der Waals surface area contributed by atoms with E-state index in [9.17, 15) is 10.2 Å². The molecular weight excluding hydrogens is 308 g/mol. The Balaban J connectivity index is 2.09. The molecule has 0 spiro atoms. The Morgan fingerprint density at radius 2 is 1.48 bits per heavy atom. The van der Waals surface area contributed by atoms with Gasteiger partial charge in [-0.2, -0.15) is 0 Å². The molecule has 0 saturated carbocycles. The van der Waals surface area contributed by atoms with E-state index in [-0.39, 0.29) is 0 Å². The van der Waals surface area contributed by atoms with Crippen molar-refractivity contribution in [1.29, 1.82) is 0 Å². The third-order valence-corrected chi connectivity index (χ3v) is 6.41. The molecule has 2 atom stereocenters. The number of hydrogen-bond donors (Lipinski definition) is 2. The highest BCUT2D eigenvalue weighted by Gasteiger charge is 2.66. The highest BCUT2D eigenvalue weighted by atomic mass is 16.3. The molecule has 0 saturated heterocycles. The lowest BCUT2D eigenvalue weighted by atomic mass is 9.45. The molecule has 0 unspecified atom stereocenters. The number of aliphatic hydroxyl groups excluding tert-OH is 1. The van der Waals surface area contributed by atoms with Crippen LogP contribution in [0.15, 0.2) is 48.5 Å². The number of benzene rings is 2. The van der Waals surface area contributed by atoms with Crippen LogP contribution in [-0.4, -0.2) is 10.2 Å². The average molecular weight is 338 g/mol. The first-order chi connectivity index (χ1) is 11.5. The molecule has 3 rings (SSSR count). The van der Waals surface area contributed by atoms with Gasteiger partial charge in [0.15, 0.2) is 0 Å². The Kier molecular flexibility index (Phi) is 4.13. The summed E-state index contributed by atoms with van der Waals surface area (Å²) >= 11 is 0. The average Bonchev–Trinajstić information content (AvgIpc) is 2.60. The molecule has 0 fully saturated rings. The molecule has 0 radical (unpaired) electrons. The van der Waals surface area contributed by atoms with E-state index in [0.29, 0.717) is 5.92 Å². The lowest BCUT2D eigenvalue weighted by Crippen LogP contribution is -2.64. The van der Waals surface area contributed by atoms with E-state index in [4.69, 9.17) is 0 Å². The van der Waals surface area contributed by atoms with Gasteiger partial charge in [-0.25, -0.2) is 0 Å². The Bertz CT molecular complexity index is 774. The molecule has 2 heteroatoms. The molecule has 2 nitrogen and oxygen atoms in total. The maximum absolute atomic E-state index is 11.8. The van der Waals surface area contributed by atoms with Gasteiger partial charge in [-0.05, 0) is 28.2 Å². The second kappa shape index (κ2) is 5.69. The van der Waals surface area contributed by atoms with Crippen LogP contribution in [0.25, 0.3) is 0 Å². The summed E-state index contributed by atoms with van der Waals surface area (Å²) in [4.78, 5) is 0. The molecule has 0 bridgehead atoms. The molecule has 2 aromatic rings. The van der Waals surface area contributed by atoms with Gasteiger partial charge in [-0.15, -0.1) is 0 Å². The van der Waals surface area contributed by atoms with E-state index in [1.807, 2.05) is 44.2 Å². The van der Waals surface area contributed by atoms with E-state index in [2.05, 4.69) is 45.9 Å². The quantitative estimate of drug-likeness (QED) is 0.819. The SMILES string of the molecule is CC(C)c1ccc2c(c1)C(C)(C)[C@@]2(O)C(C)(C)[C@H](O)c1ccccc1. The smallest absolute Gasteiger partial charge is 0.107 e. The van der Waals surface area contributed by atoms with Gasteiger partial charge in [0.05, 0.1) is 6.10 Å². The van der Waals surface area contributed by atoms with Gasteiger partial charge in [0.1, 0.15) is 5.60 Å². The molecule has 2 aromatic carbocycles. The molecular formula is C23H30O2. The molecule has 0 heterocycles. The van der Waals surface area contributed by atoms with Crippen molar-refractivity contribution >= 4 is 0 Å². The van der Waals surface area contributed by atoms with Gasteiger partial charge in [0, 0.05) is 10.8 Å². The predicted molar refractivity (Wildman–Crippen MR) is 103 cm³/mol. The molecule has 0 aromatic heterocycles. The summed E-state index contributed by atoms with van der Waals surface area (Å²) in [6.07, 6.45) is -0.754. The number of fused-ring (bicyclic) bond motifs is 1. The van der Waals surface area contributed by atoms with E-state index in [1.54, 1.807) is 0 Å². The van der Waals surface area contributed by atoms with E-state index >= 15 is 0 Å². The molecule has 25 heavy (non-hydrogen) atoms. The normalized spacial score (nSPS) is 23.1. The van der Waals surface area contributed by atoms with Gasteiger partial charge in [-0.1, -0.05) is 90.1 Å². The van der Waals surface area contributed by atoms with Crippen LogP contribution in [0, 0.1) is 5.41 Å². The Morgan fingerprint density at radius 1 is 0.880 bits per heavy atom. The van der Waals surface area contributed by atoms with Gasteiger partial charge < -0.3 is 10.2 Å². The fourth-order valence-electron chi connectivity index (χ4n) is 4.63. The van der Waals surface area contributed by atoms with Crippen LogP contribution in [0.5, 0.6) is 0 Å². The molecule has 2 N–H and O–H groups in total. The summed E-state index contributed by atoms with van der Waals surface area (Å²) in [5.41, 5.74) is 2.01. The van der Waals surface area contributed by atoms with Crippen molar-refractivity contribution in [1.82, 2.24) is 0 Å². The number of rotatable bonds is 4. The highest BCUT2D eigenvalue weighted by Crippen LogP contribution is 2.65. The third-order valence-electron chi connectivity index (χ3n) is 6.41. The van der Waals surface area contributed by atoms with Gasteiger partial charge in [-0.3, -0.25) is 0 Å². The fraction of sp³-hybridized carbons (Fsp3) is 0.478. The highest BCUT2D eigenvalue weighted by molar-refractivity contribution is 5.55. The van der Waals surface area contributed by atoms with Crippen molar-refractivity contribution in [2.24, 2.45) is 5.41 Å². The summed E-state index contributed by atoms with van der Waals surface area (Å²) < 4.78 is 0. The number of aliphatic hydroxyl groups is 2. The first-order valence-electron chi connectivity index (χ1n) is 9.15. The summed E-state index contributed by atoms with van der Waals surface area (Å²) in [5, 5.41) is 22.9. The van der Waals surface area contributed by atoms with Crippen molar-refractivity contribution in [2.75, 3.05) is 0 Å². The molecule has 134 valence electrons. The first kappa shape index (κ1) is 18.2. The van der Waals surface area contributed by atoms with Crippen molar-refractivity contribution in [3.8, 4) is 0 Å². The Labute approximate surface area is 151 Å². The molecule has 0 aliphatic heterocycles. The van der Waals surface area contributed by atoms with Crippen LogP contribution >= 0.6 is 0 Å². The third kappa shape index (κ3) is 2.31. The largest absolute Gasteiger partial charge is 0.388 e. The van der Waals surface area contributed by atoms with E-state index in [0.717, 1.165) is 11.1 Å². The Hall–Kier alpha value is -1.64. The Morgan fingerprint density at radius 3 is 2.04 bits per heavy atom. The minimum absolute atomic E-state index is 0.424. The predicted octanol–water partition coefficient (Wildman–Crippen LogP) is 5.05. The summed E-state index contributed by atoms with van der Waals surface area (Å²) in [5.74, 6) is 0.456. The van der Waals surface area contributed by atoms with Crippen molar-refractivity contribution in [2.45, 2.75) is 64.6 Å². The standard InChI is InChI=1S/C23H30O2/c1-15(2)17-12-13-18-19(14-17)21(3,4)23(18,25)22(5,6)20(24)16-10-8-7-9-11-16/h7-15,20,24-25H,1-6H3/t20-,23-/m1/s1. The van der Waals surface area contributed by atoms with Crippen LogP contribution in [0.2, 0.25) is 0 Å². The fourth-order valence-corrected chi connectivity index (χ4v) is 4.63. The van der Waals surface area contributed by atoms with E-state index < -0.39 is 22.5 Å². The van der Waals surface area contributed by atoms with Crippen LogP contribution in [0.4, 0.5) is 0 Å². The topological polar surface area (TPSA) is 40.5 Å². The zero-order valence-corrected chi connectivity index (χ0v) is 16.2. The molecule has 0 amide bonds. The number of hydrogen-bond acceptors (Lipinski definition) is 2. The maximum atomic E-state index is 11.8. The zero-order chi connectivity index (χ0) is 18.6. The minimum atomic E-state index is -1.10. The second-order valence-electron chi connectivity index (χ2n) is 8.83. The second-order valence-corrected chi connectivity index (χ2v) is 8.83. The van der Waals surface area contributed by atoms with Crippen LogP contribution < -0.4 is 0 Å². The lowest BCUT2D eigenvalue weighted by Gasteiger charge is -2.62. The minimum Gasteiger partial charge on any atom is -0.388 e. The molecule has 1 aliphatic carbocycles. The maximum Gasteiger partial charge on any atom is 0.107 e. The van der Waals surface area contributed by atoms with Gasteiger partial charge in [0.2, 0.25) is 0 Å². The van der Waals surface area contributed by atoms with E-state index in [1.165, 1.54) is 11.1 Å². The summed E-state index contributed by atoms with van der Waals surface area (Å²) in [7, 11) is 0. The van der Waals surface area contributed by atoms with Crippen LogP contribution in [0.3, 0.4) is 0 Å². The summed E-state index contributed by atoms with van der Waals surface area (Å²) in [6.45, 7) is 12.5. The monoisotopic (exact) mass is 338 g/mol. The van der Waals surface area contributed by atoms with Crippen molar-refractivity contribution in [3.63, 3.8) is 0 Å². The lowest BCUT2D eigenvalue weighted by molar-refractivity contribution is -0.193. The zero-order valence-electron chi connectivity index (χ0n) is 16.2. The van der Waals surface area contributed by atoms with Gasteiger partial charge >= 0.3 is 0 Å². The van der Waals surface area contributed by atoms with Gasteiger partial charge in [0.25, 0.3) is 0 Å². The summed E-state index contributed by atoms with van der Waals surface area (Å²) in [6, 6.07) is 16.0. The molecule has 1 aliphatic rings. The van der Waals surface area contributed by atoms with Crippen LogP contribution in [-0.2, 0) is 11.0 Å². The van der Waals surface area contributed by atoms with Crippen LogP contribution in [0.1, 0.15) is 75.8 Å². The van der Waals surface area contributed by atoms with Crippen molar-refractivity contribution in [3.05, 3.63) is 70.8 Å².